The highest BCUT2D eigenvalue weighted by atomic mass is 16.5. The van der Waals surface area contributed by atoms with Crippen LogP contribution in [0.15, 0.2) is 12.1 Å². The maximum absolute atomic E-state index is 12.4. The van der Waals surface area contributed by atoms with Gasteiger partial charge in [-0.2, -0.15) is 0 Å². The summed E-state index contributed by atoms with van der Waals surface area (Å²) in [4.78, 5) is 14.3. The number of carbonyl (C=O) groups is 1. The lowest BCUT2D eigenvalue weighted by atomic mass is 9.98. The fourth-order valence-electron chi connectivity index (χ4n) is 3.35. The Kier molecular flexibility index (Phi) is 5.58. The molecule has 0 radical (unpaired) electrons. The van der Waals surface area contributed by atoms with Crippen molar-refractivity contribution < 1.29 is 19.0 Å². The number of nitrogens with zero attached hydrogens (tertiary/aromatic N) is 1. The highest BCUT2D eigenvalue weighted by molar-refractivity contribution is 5.78. The van der Waals surface area contributed by atoms with Gasteiger partial charge in [0.1, 0.15) is 0 Å². The van der Waals surface area contributed by atoms with Gasteiger partial charge in [-0.3, -0.25) is 4.79 Å². The number of fused-ring (bicyclic) bond motifs is 1. The molecule has 132 valence electrons. The smallest absolute Gasteiger partial charge is 0.236 e. The first-order valence-electron chi connectivity index (χ1n) is 8.55. The van der Waals surface area contributed by atoms with Crippen LogP contribution in [0.3, 0.4) is 0 Å². The minimum absolute atomic E-state index is 0.133. The first kappa shape index (κ1) is 17.0. The zero-order valence-corrected chi connectivity index (χ0v) is 14.5. The number of methoxy groups -OCH3 is 2. The van der Waals surface area contributed by atoms with E-state index >= 15 is 0 Å². The van der Waals surface area contributed by atoms with Gasteiger partial charge in [0, 0.05) is 26.2 Å². The van der Waals surface area contributed by atoms with Crippen molar-refractivity contribution in [1.29, 1.82) is 0 Å². The Labute approximate surface area is 143 Å². The Morgan fingerprint density at radius 3 is 2.71 bits per heavy atom. The van der Waals surface area contributed by atoms with Crippen molar-refractivity contribution in [2.24, 2.45) is 0 Å². The number of benzene rings is 1. The third kappa shape index (κ3) is 3.82. The Morgan fingerprint density at radius 1 is 1.29 bits per heavy atom. The van der Waals surface area contributed by atoms with Crippen LogP contribution in [-0.4, -0.2) is 57.4 Å². The third-order valence-corrected chi connectivity index (χ3v) is 4.74. The fourth-order valence-corrected chi connectivity index (χ4v) is 3.35. The largest absolute Gasteiger partial charge is 0.493 e. The van der Waals surface area contributed by atoms with E-state index in [4.69, 9.17) is 14.2 Å². The fraction of sp³-hybridized carbons (Fsp3) is 0.611. The minimum atomic E-state index is 0.133. The van der Waals surface area contributed by atoms with Gasteiger partial charge >= 0.3 is 0 Å². The average Bonchev–Trinajstić information content (AvgIpc) is 3.13. The molecule has 6 heteroatoms. The van der Waals surface area contributed by atoms with Crippen LogP contribution in [0.1, 0.15) is 24.0 Å². The molecule has 1 amide bonds. The molecule has 0 bridgehead atoms. The summed E-state index contributed by atoms with van der Waals surface area (Å²) < 4.78 is 16.3. The van der Waals surface area contributed by atoms with Crippen LogP contribution in [-0.2, 0) is 22.5 Å². The van der Waals surface area contributed by atoms with Crippen molar-refractivity contribution in [1.82, 2.24) is 10.2 Å². The van der Waals surface area contributed by atoms with Crippen molar-refractivity contribution in [2.75, 3.05) is 40.5 Å². The molecule has 2 heterocycles. The van der Waals surface area contributed by atoms with Crippen molar-refractivity contribution in [3.63, 3.8) is 0 Å². The SMILES string of the molecule is COc1cc2c(cc1OC)CN(C(=O)CNCC1CCCO1)CC2. The maximum Gasteiger partial charge on any atom is 0.236 e. The summed E-state index contributed by atoms with van der Waals surface area (Å²) in [5.41, 5.74) is 2.36. The quantitative estimate of drug-likeness (QED) is 0.851. The van der Waals surface area contributed by atoms with E-state index in [0.29, 0.717) is 18.8 Å². The van der Waals surface area contributed by atoms with Crippen LogP contribution < -0.4 is 14.8 Å². The molecule has 1 N–H and O–H groups in total. The van der Waals surface area contributed by atoms with Gasteiger partial charge in [0.05, 0.1) is 26.9 Å². The number of carbonyl (C=O) groups excluding carboxylic acids is 1. The molecule has 0 spiro atoms. The van der Waals surface area contributed by atoms with Crippen molar-refractivity contribution >= 4 is 5.91 Å². The second kappa shape index (κ2) is 7.85. The van der Waals surface area contributed by atoms with Gasteiger partial charge in [0.25, 0.3) is 0 Å². The van der Waals surface area contributed by atoms with Crippen LogP contribution in [0.2, 0.25) is 0 Å². The summed E-state index contributed by atoms with van der Waals surface area (Å²) in [5, 5.41) is 3.23. The monoisotopic (exact) mass is 334 g/mol. The number of nitrogens with one attached hydrogen (secondary N) is 1. The first-order chi connectivity index (χ1) is 11.7. The van der Waals surface area contributed by atoms with Crippen LogP contribution in [0.4, 0.5) is 0 Å². The zero-order chi connectivity index (χ0) is 16.9. The number of rotatable bonds is 6. The zero-order valence-electron chi connectivity index (χ0n) is 14.5. The first-order valence-corrected chi connectivity index (χ1v) is 8.55. The lowest BCUT2D eigenvalue weighted by Crippen LogP contribution is -2.42. The lowest BCUT2D eigenvalue weighted by molar-refractivity contribution is -0.131. The normalized spacial score (nSPS) is 19.9. The van der Waals surface area contributed by atoms with Gasteiger partial charge in [0.2, 0.25) is 5.91 Å². The predicted octanol–water partition coefficient (Wildman–Crippen LogP) is 1.36. The topological polar surface area (TPSA) is 60.0 Å². The van der Waals surface area contributed by atoms with E-state index in [1.807, 2.05) is 17.0 Å². The average molecular weight is 334 g/mol. The molecule has 1 unspecified atom stereocenters. The second-order valence-electron chi connectivity index (χ2n) is 6.31. The van der Waals surface area contributed by atoms with Crippen molar-refractivity contribution in [2.45, 2.75) is 31.9 Å². The number of ether oxygens (including phenoxy) is 3. The molecular weight excluding hydrogens is 308 g/mol. The van der Waals surface area contributed by atoms with Gasteiger partial charge in [-0.15, -0.1) is 0 Å². The predicted molar refractivity (Wildman–Crippen MR) is 90.5 cm³/mol. The lowest BCUT2D eigenvalue weighted by Gasteiger charge is -2.30. The van der Waals surface area contributed by atoms with Gasteiger partial charge in [-0.25, -0.2) is 0 Å². The van der Waals surface area contributed by atoms with E-state index in [9.17, 15) is 4.79 Å². The molecule has 2 aliphatic rings. The summed E-state index contributed by atoms with van der Waals surface area (Å²) in [7, 11) is 3.27. The Balaban J connectivity index is 1.56. The van der Waals surface area contributed by atoms with Gasteiger partial charge in [-0.05, 0) is 42.5 Å². The Hall–Kier alpha value is -1.79. The van der Waals surface area contributed by atoms with Crippen LogP contribution in [0.25, 0.3) is 0 Å². The van der Waals surface area contributed by atoms with Gasteiger partial charge in [0.15, 0.2) is 11.5 Å². The molecule has 3 rings (SSSR count). The molecule has 0 aliphatic carbocycles. The highest BCUT2D eigenvalue weighted by Gasteiger charge is 2.23. The van der Waals surface area contributed by atoms with E-state index in [-0.39, 0.29) is 12.0 Å². The van der Waals surface area contributed by atoms with Crippen LogP contribution in [0.5, 0.6) is 11.5 Å². The molecular formula is C18H26N2O4. The van der Waals surface area contributed by atoms with Crippen molar-refractivity contribution in [3.8, 4) is 11.5 Å². The van der Waals surface area contributed by atoms with E-state index in [2.05, 4.69) is 5.32 Å². The van der Waals surface area contributed by atoms with Crippen LogP contribution in [0, 0.1) is 0 Å². The molecule has 24 heavy (non-hydrogen) atoms. The van der Waals surface area contributed by atoms with E-state index < -0.39 is 0 Å². The van der Waals surface area contributed by atoms with Crippen LogP contribution >= 0.6 is 0 Å². The molecule has 0 aromatic heterocycles. The second-order valence-corrected chi connectivity index (χ2v) is 6.31. The van der Waals surface area contributed by atoms with E-state index in [1.165, 1.54) is 5.56 Å². The minimum Gasteiger partial charge on any atom is -0.493 e. The maximum atomic E-state index is 12.4. The standard InChI is InChI=1S/C18H26N2O4/c1-22-16-8-13-5-6-20(12-14(13)9-17(16)23-2)18(21)11-19-10-15-4-3-7-24-15/h8-9,15,19H,3-7,10-12H2,1-2H3. The number of hydrogen-bond acceptors (Lipinski definition) is 5. The number of amides is 1. The molecule has 1 aromatic carbocycles. The molecule has 1 fully saturated rings. The summed E-state index contributed by atoms with van der Waals surface area (Å²) in [5.74, 6) is 1.59. The molecule has 2 aliphatic heterocycles. The Bertz CT molecular complexity index is 585. The van der Waals surface area contributed by atoms with Gasteiger partial charge < -0.3 is 24.4 Å². The third-order valence-electron chi connectivity index (χ3n) is 4.74. The van der Waals surface area contributed by atoms with Gasteiger partial charge in [-0.1, -0.05) is 0 Å². The molecule has 0 saturated carbocycles. The number of hydrogen-bond donors (Lipinski definition) is 1. The summed E-state index contributed by atoms with van der Waals surface area (Å²) in [6.07, 6.45) is 3.30. The molecule has 1 aromatic rings. The van der Waals surface area contributed by atoms with E-state index in [1.54, 1.807) is 14.2 Å². The molecule has 1 atom stereocenters. The molecule has 6 nitrogen and oxygen atoms in total. The summed E-state index contributed by atoms with van der Waals surface area (Å²) in [6, 6.07) is 4.00. The summed E-state index contributed by atoms with van der Waals surface area (Å²) in [6.45, 7) is 3.32. The molecule has 1 saturated heterocycles. The highest BCUT2D eigenvalue weighted by Crippen LogP contribution is 2.33. The summed E-state index contributed by atoms with van der Waals surface area (Å²) >= 11 is 0. The van der Waals surface area contributed by atoms with Crippen molar-refractivity contribution in [3.05, 3.63) is 23.3 Å². The van der Waals surface area contributed by atoms with E-state index in [0.717, 1.165) is 50.3 Å². The Morgan fingerprint density at radius 2 is 2.04 bits per heavy atom.